The highest BCUT2D eigenvalue weighted by Crippen LogP contribution is 2.44. The molecule has 0 saturated carbocycles. The van der Waals surface area contributed by atoms with Gasteiger partial charge in [0, 0.05) is 11.8 Å². The molecule has 6 rings (SSSR count). The lowest BCUT2D eigenvalue weighted by Gasteiger charge is -2.47. The quantitative estimate of drug-likeness (QED) is 0.537. The van der Waals surface area contributed by atoms with Crippen LogP contribution in [-0.2, 0) is 9.47 Å². The van der Waals surface area contributed by atoms with Gasteiger partial charge in [0.2, 0.25) is 0 Å². The number of nitrogens with zero attached hydrogens (tertiary/aromatic N) is 1. The largest absolute Gasteiger partial charge is 0.472 e. The van der Waals surface area contributed by atoms with Gasteiger partial charge < -0.3 is 13.9 Å². The second-order valence-corrected chi connectivity index (χ2v) is 9.10. The van der Waals surface area contributed by atoms with Gasteiger partial charge in [-0.25, -0.2) is 4.79 Å². The first-order valence-electron chi connectivity index (χ1n) is 11.5. The smallest absolute Gasteiger partial charge is 0.410 e. The molecular formula is C27H25NO5. The summed E-state index contributed by atoms with van der Waals surface area (Å²) in [5, 5.41) is 0. The molecule has 0 spiro atoms. The number of ketones is 1. The molecule has 2 aromatic carbocycles. The summed E-state index contributed by atoms with van der Waals surface area (Å²) in [6, 6.07) is 18.0. The number of morpholine rings is 1. The van der Waals surface area contributed by atoms with Crippen molar-refractivity contribution in [3.63, 3.8) is 0 Å². The summed E-state index contributed by atoms with van der Waals surface area (Å²) in [6.07, 6.45) is 3.84. The van der Waals surface area contributed by atoms with Crippen LogP contribution in [0.4, 0.5) is 4.79 Å². The van der Waals surface area contributed by atoms with Crippen molar-refractivity contribution in [3.05, 3.63) is 83.8 Å². The van der Waals surface area contributed by atoms with E-state index in [2.05, 4.69) is 24.3 Å². The molecule has 2 aliphatic heterocycles. The van der Waals surface area contributed by atoms with Gasteiger partial charge in [0.05, 0.1) is 37.1 Å². The molecule has 1 aromatic heterocycles. The highest BCUT2D eigenvalue weighted by Gasteiger charge is 2.45. The van der Waals surface area contributed by atoms with Gasteiger partial charge in [-0.05, 0) is 41.2 Å². The maximum Gasteiger partial charge on any atom is 0.410 e. The van der Waals surface area contributed by atoms with Gasteiger partial charge in [0.1, 0.15) is 12.9 Å². The summed E-state index contributed by atoms with van der Waals surface area (Å²) in [5.41, 5.74) is 5.39. The maximum absolute atomic E-state index is 13.2. The molecule has 6 nitrogen and oxygen atoms in total. The maximum atomic E-state index is 13.2. The number of hydrogen-bond donors (Lipinski definition) is 0. The van der Waals surface area contributed by atoms with E-state index in [0.29, 0.717) is 38.2 Å². The molecule has 6 heteroatoms. The van der Waals surface area contributed by atoms with Crippen LogP contribution < -0.4 is 0 Å². The zero-order chi connectivity index (χ0) is 22.4. The fourth-order valence-corrected chi connectivity index (χ4v) is 5.74. The zero-order valence-corrected chi connectivity index (χ0v) is 18.2. The molecule has 0 radical (unpaired) electrons. The van der Waals surface area contributed by atoms with E-state index in [9.17, 15) is 9.59 Å². The SMILES string of the molecule is O=C(c1ccoc1)C1CC2COCC(C1)N2C(=O)OCC1c2ccccc2-c2ccccc21. The Kier molecular flexibility index (Phi) is 5.03. The number of fused-ring (bicyclic) bond motifs is 5. The molecule has 2 atom stereocenters. The minimum absolute atomic E-state index is 0.0256. The van der Waals surface area contributed by atoms with E-state index >= 15 is 0 Å². The van der Waals surface area contributed by atoms with Gasteiger partial charge >= 0.3 is 6.09 Å². The van der Waals surface area contributed by atoms with Crippen molar-refractivity contribution in [2.75, 3.05) is 19.8 Å². The van der Waals surface area contributed by atoms with Crippen molar-refractivity contribution in [1.29, 1.82) is 0 Å². The van der Waals surface area contributed by atoms with Crippen LogP contribution in [-0.4, -0.2) is 48.7 Å². The minimum Gasteiger partial charge on any atom is -0.472 e. The van der Waals surface area contributed by atoms with E-state index < -0.39 is 0 Å². The molecule has 1 aliphatic carbocycles. The Bertz CT molecular complexity index is 1130. The highest BCUT2D eigenvalue weighted by atomic mass is 16.6. The molecular weight excluding hydrogens is 418 g/mol. The van der Waals surface area contributed by atoms with E-state index in [-0.39, 0.29) is 35.8 Å². The summed E-state index contributed by atoms with van der Waals surface area (Å²) in [4.78, 5) is 27.9. The zero-order valence-electron chi connectivity index (χ0n) is 18.2. The third kappa shape index (κ3) is 3.45. The molecule has 33 heavy (non-hydrogen) atoms. The van der Waals surface area contributed by atoms with Crippen molar-refractivity contribution in [2.24, 2.45) is 5.92 Å². The van der Waals surface area contributed by atoms with Crippen LogP contribution >= 0.6 is 0 Å². The van der Waals surface area contributed by atoms with E-state index in [0.717, 1.165) is 0 Å². The Balaban J connectivity index is 1.17. The van der Waals surface area contributed by atoms with Gasteiger partial charge in [-0.1, -0.05) is 48.5 Å². The second-order valence-electron chi connectivity index (χ2n) is 9.10. The summed E-state index contributed by atoms with van der Waals surface area (Å²) in [5.74, 6) is -0.0374. The summed E-state index contributed by atoms with van der Waals surface area (Å²) >= 11 is 0. The molecule has 3 heterocycles. The molecule has 1 amide bonds. The Labute approximate surface area is 192 Å². The number of carbonyl (C=O) groups is 2. The third-order valence-electron chi connectivity index (χ3n) is 7.24. The van der Waals surface area contributed by atoms with Crippen LogP contribution in [0.3, 0.4) is 0 Å². The van der Waals surface area contributed by atoms with Crippen molar-refractivity contribution < 1.29 is 23.5 Å². The number of benzene rings is 2. The number of hydrogen-bond acceptors (Lipinski definition) is 5. The summed E-state index contributed by atoms with van der Waals surface area (Å²) < 4.78 is 16.7. The third-order valence-corrected chi connectivity index (χ3v) is 7.24. The van der Waals surface area contributed by atoms with Crippen molar-refractivity contribution in [1.82, 2.24) is 4.90 Å². The molecule has 0 N–H and O–H groups in total. The van der Waals surface area contributed by atoms with E-state index in [1.54, 1.807) is 6.07 Å². The molecule has 2 saturated heterocycles. The van der Waals surface area contributed by atoms with Gasteiger partial charge in [-0.3, -0.25) is 9.69 Å². The number of Topliss-reactive ketones (excluding diaryl/α,β-unsaturated/α-hetero) is 1. The lowest BCUT2D eigenvalue weighted by Crippen LogP contribution is -2.60. The van der Waals surface area contributed by atoms with E-state index in [4.69, 9.17) is 13.9 Å². The van der Waals surface area contributed by atoms with Crippen LogP contribution in [0.2, 0.25) is 0 Å². The minimum atomic E-state index is -0.315. The first-order chi connectivity index (χ1) is 16.2. The molecule has 2 fully saturated rings. The van der Waals surface area contributed by atoms with E-state index in [1.165, 1.54) is 34.8 Å². The Morgan fingerprint density at radius 3 is 2.15 bits per heavy atom. The van der Waals surface area contributed by atoms with Crippen LogP contribution in [0, 0.1) is 5.92 Å². The van der Waals surface area contributed by atoms with Gasteiger partial charge in [-0.15, -0.1) is 0 Å². The molecule has 2 bridgehead atoms. The predicted molar refractivity (Wildman–Crippen MR) is 121 cm³/mol. The number of furan rings is 1. The lowest BCUT2D eigenvalue weighted by molar-refractivity contribution is -0.0747. The lowest BCUT2D eigenvalue weighted by atomic mass is 9.81. The standard InChI is InChI=1S/C27H25NO5/c29-26(17-9-10-31-13-17)18-11-19-14-32-15-20(12-18)28(19)27(30)33-16-25-23-7-3-1-5-21(23)22-6-2-4-8-24(22)25/h1-10,13,18-20,25H,11-12,14-16H2. The van der Waals surface area contributed by atoms with E-state index in [1.807, 2.05) is 29.2 Å². The number of amides is 1. The normalized spacial score (nSPS) is 23.6. The number of rotatable bonds is 4. The number of ether oxygens (including phenoxy) is 2. The molecule has 3 aliphatic rings. The van der Waals surface area contributed by atoms with Crippen LogP contribution in [0.25, 0.3) is 11.1 Å². The first kappa shape index (κ1) is 20.2. The van der Waals surface area contributed by atoms with Crippen molar-refractivity contribution >= 4 is 11.9 Å². The van der Waals surface area contributed by atoms with Crippen LogP contribution in [0.15, 0.2) is 71.5 Å². The van der Waals surface area contributed by atoms with Gasteiger partial charge in [-0.2, -0.15) is 0 Å². The summed E-state index contributed by atoms with van der Waals surface area (Å²) in [6.45, 7) is 1.15. The van der Waals surface area contributed by atoms with Crippen LogP contribution in [0.5, 0.6) is 0 Å². The fourth-order valence-electron chi connectivity index (χ4n) is 5.74. The second kappa shape index (κ2) is 8.19. The average molecular weight is 443 g/mol. The van der Waals surface area contributed by atoms with Gasteiger partial charge in [0.25, 0.3) is 0 Å². The number of carbonyl (C=O) groups excluding carboxylic acids is 2. The Morgan fingerprint density at radius 2 is 1.55 bits per heavy atom. The van der Waals surface area contributed by atoms with Crippen molar-refractivity contribution in [2.45, 2.75) is 30.8 Å². The molecule has 3 aromatic rings. The summed E-state index contributed by atoms with van der Waals surface area (Å²) in [7, 11) is 0. The topological polar surface area (TPSA) is 69.0 Å². The average Bonchev–Trinajstić information content (AvgIpc) is 3.48. The number of piperidine rings is 1. The van der Waals surface area contributed by atoms with Crippen LogP contribution in [0.1, 0.15) is 40.2 Å². The first-order valence-corrected chi connectivity index (χ1v) is 11.5. The fraction of sp³-hybridized carbons (Fsp3) is 0.333. The predicted octanol–water partition coefficient (Wildman–Crippen LogP) is 4.89. The highest BCUT2D eigenvalue weighted by molar-refractivity contribution is 5.97. The van der Waals surface area contributed by atoms with Crippen molar-refractivity contribution in [3.8, 4) is 11.1 Å². The Morgan fingerprint density at radius 1 is 0.909 bits per heavy atom. The molecule has 2 unspecified atom stereocenters. The molecule has 168 valence electrons. The monoisotopic (exact) mass is 443 g/mol. The Hall–Kier alpha value is -3.38. The van der Waals surface area contributed by atoms with Gasteiger partial charge in [0.15, 0.2) is 5.78 Å².